The number of carbonyl (C=O) groups excluding carboxylic acids is 1. The second-order valence-corrected chi connectivity index (χ2v) is 13.0. The van der Waals surface area contributed by atoms with Crippen LogP contribution in [0.5, 0.6) is 0 Å². The molecule has 2 aliphatic heterocycles. The second-order valence-electron chi connectivity index (χ2n) is 11.0. The molecule has 4 bridgehead atoms. The van der Waals surface area contributed by atoms with Crippen molar-refractivity contribution in [1.29, 1.82) is 0 Å². The lowest BCUT2D eigenvalue weighted by atomic mass is 9.83. The van der Waals surface area contributed by atoms with Crippen molar-refractivity contribution in [1.82, 2.24) is 20.7 Å². The van der Waals surface area contributed by atoms with Crippen LogP contribution in [0, 0.1) is 5.92 Å². The van der Waals surface area contributed by atoms with E-state index in [0.29, 0.717) is 37.6 Å². The van der Waals surface area contributed by atoms with E-state index < -0.39 is 21.6 Å². The minimum absolute atomic E-state index is 0.0704. The summed E-state index contributed by atoms with van der Waals surface area (Å²) in [4.78, 5) is 12.7. The highest BCUT2D eigenvalue weighted by molar-refractivity contribution is 7.90. The lowest BCUT2D eigenvalue weighted by molar-refractivity contribution is -0.127. The van der Waals surface area contributed by atoms with E-state index in [2.05, 4.69) is 66.6 Å². The fourth-order valence-corrected chi connectivity index (χ4v) is 7.42. The van der Waals surface area contributed by atoms with Gasteiger partial charge in [-0.25, -0.2) is 8.42 Å². The molecule has 6 atom stereocenters. The van der Waals surface area contributed by atoms with E-state index in [4.69, 9.17) is 4.74 Å². The Kier molecular flexibility index (Phi) is 8.22. The molecule has 1 aliphatic carbocycles. The van der Waals surface area contributed by atoms with E-state index >= 15 is 0 Å². The molecule has 0 radical (unpaired) electrons. The van der Waals surface area contributed by atoms with E-state index in [1.54, 1.807) is 0 Å². The molecule has 0 aromatic heterocycles. The number of carbonyl (C=O) groups is 1. The summed E-state index contributed by atoms with van der Waals surface area (Å²) in [7, 11) is -3.65. The molecule has 5 unspecified atom stereocenters. The minimum Gasteiger partial charge on any atom is -0.358 e. The molecule has 1 aromatic carbocycles. The summed E-state index contributed by atoms with van der Waals surface area (Å²) in [6, 6.07) is 6.38. The van der Waals surface area contributed by atoms with Gasteiger partial charge >= 0.3 is 0 Å². The van der Waals surface area contributed by atoms with Gasteiger partial charge in [0.05, 0.1) is 11.4 Å². The Bertz CT molecular complexity index is 986. The monoisotopic (exact) mass is 506 g/mol. The number of amides is 1. The van der Waals surface area contributed by atoms with Crippen LogP contribution in [-0.4, -0.2) is 44.7 Å². The van der Waals surface area contributed by atoms with Crippen LogP contribution in [-0.2, 0) is 19.6 Å². The number of ether oxygens (including phenoxy) is 1. The van der Waals surface area contributed by atoms with Gasteiger partial charge in [-0.15, -0.1) is 0 Å². The van der Waals surface area contributed by atoms with Crippen molar-refractivity contribution in [2.75, 3.05) is 6.54 Å². The molecule has 4 N–H and O–H groups in total. The zero-order valence-corrected chi connectivity index (χ0v) is 22.5. The number of hydrogen-bond acceptors (Lipinski definition) is 6. The number of sulfonamides is 1. The zero-order valence-electron chi connectivity index (χ0n) is 21.6. The van der Waals surface area contributed by atoms with Crippen LogP contribution in [0.25, 0.3) is 0 Å². The molecule has 3 fully saturated rings. The zero-order chi connectivity index (χ0) is 25.3. The smallest absolute Gasteiger partial charge is 0.223 e. The predicted molar refractivity (Wildman–Crippen MR) is 137 cm³/mol. The summed E-state index contributed by atoms with van der Waals surface area (Å²) in [6.45, 7) is 11.1. The minimum atomic E-state index is -3.65. The van der Waals surface area contributed by atoms with Gasteiger partial charge in [0.1, 0.15) is 12.5 Å². The van der Waals surface area contributed by atoms with Crippen LogP contribution in [0.2, 0.25) is 0 Å². The van der Waals surface area contributed by atoms with Crippen molar-refractivity contribution in [2.45, 2.75) is 108 Å². The van der Waals surface area contributed by atoms with Crippen molar-refractivity contribution in [3.63, 3.8) is 0 Å². The van der Waals surface area contributed by atoms with E-state index in [1.165, 1.54) is 16.7 Å². The van der Waals surface area contributed by atoms with Gasteiger partial charge in [0, 0.05) is 24.9 Å². The van der Waals surface area contributed by atoms with Gasteiger partial charge in [-0.3, -0.25) is 15.4 Å². The van der Waals surface area contributed by atoms with Gasteiger partial charge in [0.15, 0.2) is 0 Å². The second kappa shape index (κ2) is 10.8. The van der Waals surface area contributed by atoms with Gasteiger partial charge in [-0.2, -0.15) is 4.72 Å². The number of rotatable bonds is 3. The van der Waals surface area contributed by atoms with Crippen LogP contribution >= 0.6 is 0 Å². The summed E-state index contributed by atoms with van der Waals surface area (Å²) in [5.74, 6) is 0.312. The molecule has 8 nitrogen and oxygen atoms in total. The van der Waals surface area contributed by atoms with Crippen LogP contribution in [0.15, 0.2) is 18.2 Å². The molecule has 0 spiro atoms. The van der Waals surface area contributed by atoms with Crippen molar-refractivity contribution < 1.29 is 17.9 Å². The standard InChI is InChI=1S/C26H42N4O4S/c1-15(2)20-10-7-11-21(16(3)4)24(20)22-13-23-29-26(28-22)30-35(32,33)19-9-6-8-18(12-19)25(31)27-14-17(5)34-23/h7,10-11,15-19,22-23,26,28-30H,6,8-9,12-14H2,1-5H3,(H,27,31)/t17-,18?,19?,22?,23?,26?/m1/s1. The molecular weight excluding hydrogens is 464 g/mol. The molecule has 1 aromatic rings. The Morgan fingerprint density at radius 3 is 2.34 bits per heavy atom. The summed E-state index contributed by atoms with van der Waals surface area (Å²) >= 11 is 0. The molecule has 196 valence electrons. The Hall–Kier alpha value is -1.52. The Labute approximate surface area is 210 Å². The number of nitrogens with one attached hydrogen (secondary N) is 4. The largest absolute Gasteiger partial charge is 0.358 e. The topological polar surface area (TPSA) is 109 Å². The average molecular weight is 507 g/mol. The van der Waals surface area contributed by atoms with Crippen LogP contribution in [0.3, 0.4) is 0 Å². The third-order valence-electron chi connectivity index (χ3n) is 7.61. The first kappa shape index (κ1) is 26.5. The maximum Gasteiger partial charge on any atom is 0.223 e. The molecule has 9 heteroatoms. The fourth-order valence-electron chi connectivity index (χ4n) is 5.80. The lowest BCUT2D eigenvalue weighted by Gasteiger charge is -2.41. The molecule has 2 heterocycles. The van der Waals surface area contributed by atoms with Gasteiger partial charge in [-0.1, -0.05) is 52.3 Å². The van der Waals surface area contributed by atoms with Gasteiger partial charge < -0.3 is 10.1 Å². The first-order valence-electron chi connectivity index (χ1n) is 13.1. The summed E-state index contributed by atoms with van der Waals surface area (Å²) in [5, 5.41) is 9.29. The van der Waals surface area contributed by atoms with E-state index in [0.717, 1.165) is 12.8 Å². The number of benzene rings is 1. The molecule has 2 saturated heterocycles. The van der Waals surface area contributed by atoms with Crippen molar-refractivity contribution in [2.24, 2.45) is 5.92 Å². The molecular formula is C26H42N4O4S. The highest BCUT2D eigenvalue weighted by atomic mass is 32.2. The van der Waals surface area contributed by atoms with Gasteiger partial charge in [0.25, 0.3) is 0 Å². The van der Waals surface area contributed by atoms with Crippen LogP contribution in [0.1, 0.15) is 101 Å². The summed E-state index contributed by atoms with van der Waals surface area (Å²) in [6.07, 6.45) is 1.77. The quantitative estimate of drug-likeness (QED) is 0.502. The highest BCUT2D eigenvalue weighted by Crippen LogP contribution is 2.36. The maximum atomic E-state index is 13.4. The summed E-state index contributed by atoms with van der Waals surface area (Å²) < 4.78 is 36.0. The first-order chi connectivity index (χ1) is 16.5. The SMILES string of the molecule is CC(C)c1cccc(C(C)C)c1C1CC2NC(N1)NS(=O)(=O)C1CCCC(C1)C(=O)NC[C@@H](C)O2. The Morgan fingerprint density at radius 2 is 1.69 bits per heavy atom. The maximum absolute atomic E-state index is 13.4. The third kappa shape index (κ3) is 6.07. The van der Waals surface area contributed by atoms with Gasteiger partial charge in [0.2, 0.25) is 15.9 Å². The fraction of sp³-hybridized carbons (Fsp3) is 0.731. The Morgan fingerprint density at radius 1 is 1.00 bits per heavy atom. The van der Waals surface area contributed by atoms with Crippen LogP contribution in [0.4, 0.5) is 0 Å². The Balaban J connectivity index is 1.70. The molecule has 35 heavy (non-hydrogen) atoms. The summed E-state index contributed by atoms with van der Waals surface area (Å²) in [5.41, 5.74) is 3.77. The normalized spacial score (nSPS) is 34.0. The molecule has 1 amide bonds. The van der Waals surface area contributed by atoms with E-state index in [9.17, 15) is 13.2 Å². The molecule has 4 rings (SSSR count). The third-order valence-corrected chi connectivity index (χ3v) is 9.48. The average Bonchev–Trinajstić information content (AvgIpc) is 2.81. The van der Waals surface area contributed by atoms with Crippen LogP contribution < -0.4 is 20.7 Å². The number of hydrogen-bond donors (Lipinski definition) is 4. The predicted octanol–water partition coefficient (Wildman–Crippen LogP) is 3.18. The molecule has 1 saturated carbocycles. The van der Waals surface area contributed by atoms with Crippen molar-refractivity contribution in [3.8, 4) is 0 Å². The lowest BCUT2D eigenvalue weighted by Crippen LogP contribution is -2.64. The van der Waals surface area contributed by atoms with Crippen molar-refractivity contribution in [3.05, 3.63) is 34.9 Å². The number of fused-ring (bicyclic) bond motifs is 4. The van der Waals surface area contributed by atoms with Gasteiger partial charge in [-0.05, 0) is 54.7 Å². The highest BCUT2D eigenvalue weighted by Gasteiger charge is 2.39. The van der Waals surface area contributed by atoms with Crippen molar-refractivity contribution >= 4 is 15.9 Å². The molecule has 3 aliphatic rings. The van der Waals surface area contributed by atoms with E-state index in [1.807, 2.05) is 6.92 Å². The van der Waals surface area contributed by atoms with E-state index in [-0.39, 0.29) is 30.2 Å². The first-order valence-corrected chi connectivity index (χ1v) is 14.7.